The Morgan fingerprint density at radius 1 is 1.22 bits per heavy atom. The summed E-state index contributed by atoms with van der Waals surface area (Å²) in [7, 11) is 3.47. The molecule has 0 aliphatic carbocycles. The monoisotopic (exact) mass is 256 g/mol. The molecule has 0 atom stereocenters. The predicted molar refractivity (Wildman–Crippen MR) is 70.3 cm³/mol. The Bertz CT molecular complexity index is 275. The zero-order chi connectivity index (χ0) is 13.4. The second kappa shape index (κ2) is 8.05. The lowest BCUT2D eigenvalue weighted by Crippen LogP contribution is -2.45. The molecule has 0 unspecified atom stereocenters. The number of nitrogens with one attached hydrogen (secondary N) is 3. The molecule has 3 N–H and O–H groups in total. The molecule has 1 saturated heterocycles. The van der Waals surface area contributed by atoms with Gasteiger partial charge in [0.1, 0.15) is 0 Å². The van der Waals surface area contributed by atoms with Gasteiger partial charge in [0, 0.05) is 7.05 Å². The van der Waals surface area contributed by atoms with Crippen LogP contribution in [0.5, 0.6) is 0 Å². The van der Waals surface area contributed by atoms with E-state index in [9.17, 15) is 9.59 Å². The summed E-state index contributed by atoms with van der Waals surface area (Å²) in [5.74, 6) is 0.527. The standard InChI is InChI=1S/C12H24N4O2/c1-13-6-3-10-4-7-16(8-5-10)9-11(17)15-12(18)14-2/h10,13H,3-9H2,1-2H3,(H2,14,15,17,18). The number of amides is 3. The molecule has 0 aromatic rings. The summed E-state index contributed by atoms with van der Waals surface area (Å²) in [5.41, 5.74) is 0. The molecule has 0 aromatic heterocycles. The summed E-state index contributed by atoms with van der Waals surface area (Å²) < 4.78 is 0. The molecule has 1 aliphatic rings. The van der Waals surface area contributed by atoms with Crippen molar-refractivity contribution in [2.45, 2.75) is 19.3 Å². The maximum absolute atomic E-state index is 11.5. The maximum atomic E-state index is 11.5. The van der Waals surface area contributed by atoms with E-state index in [2.05, 4.69) is 20.9 Å². The van der Waals surface area contributed by atoms with Crippen LogP contribution in [0.25, 0.3) is 0 Å². The number of imide groups is 1. The van der Waals surface area contributed by atoms with Gasteiger partial charge in [0.25, 0.3) is 0 Å². The van der Waals surface area contributed by atoms with Gasteiger partial charge in [-0.1, -0.05) is 0 Å². The summed E-state index contributed by atoms with van der Waals surface area (Å²) >= 11 is 0. The number of nitrogens with zero attached hydrogens (tertiary/aromatic N) is 1. The summed E-state index contributed by atoms with van der Waals surface area (Å²) in [6.07, 6.45) is 3.47. The molecule has 0 spiro atoms. The molecular formula is C12H24N4O2. The van der Waals surface area contributed by atoms with Crippen molar-refractivity contribution in [3.8, 4) is 0 Å². The average Bonchev–Trinajstić information content (AvgIpc) is 2.37. The molecule has 0 saturated carbocycles. The fourth-order valence-electron chi connectivity index (χ4n) is 2.21. The number of urea groups is 1. The van der Waals surface area contributed by atoms with Gasteiger partial charge in [-0.3, -0.25) is 15.0 Å². The third-order valence-corrected chi connectivity index (χ3v) is 3.36. The highest BCUT2D eigenvalue weighted by atomic mass is 16.2. The van der Waals surface area contributed by atoms with E-state index in [1.165, 1.54) is 13.5 Å². The quantitative estimate of drug-likeness (QED) is 0.635. The topological polar surface area (TPSA) is 73.5 Å². The molecule has 0 radical (unpaired) electrons. The van der Waals surface area contributed by atoms with Crippen molar-refractivity contribution in [1.29, 1.82) is 0 Å². The van der Waals surface area contributed by atoms with Gasteiger partial charge >= 0.3 is 6.03 Å². The van der Waals surface area contributed by atoms with Crippen molar-refractivity contribution >= 4 is 11.9 Å². The molecule has 0 bridgehead atoms. The van der Waals surface area contributed by atoms with Gasteiger partial charge in [-0.25, -0.2) is 4.79 Å². The Labute approximate surface area is 108 Å². The highest BCUT2D eigenvalue weighted by molar-refractivity contribution is 5.95. The predicted octanol–water partition coefficient (Wildman–Crippen LogP) is -0.236. The van der Waals surface area contributed by atoms with Gasteiger partial charge in [0.05, 0.1) is 6.54 Å². The van der Waals surface area contributed by atoms with E-state index in [1.54, 1.807) is 0 Å². The van der Waals surface area contributed by atoms with Gasteiger partial charge in [-0.15, -0.1) is 0 Å². The van der Waals surface area contributed by atoms with Crippen LogP contribution < -0.4 is 16.0 Å². The number of rotatable bonds is 5. The Morgan fingerprint density at radius 2 is 1.89 bits per heavy atom. The molecule has 6 heteroatoms. The van der Waals surface area contributed by atoms with Gasteiger partial charge in [0.15, 0.2) is 0 Å². The zero-order valence-corrected chi connectivity index (χ0v) is 11.3. The van der Waals surface area contributed by atoms with Crippen molar-refractivity contribution in [3.05, 3.63) is 0 Å². The minimum atomic E-state index is -0.441. The van der Waals surface area contributed by atoms with E-state index in [1.807, 2.05) is 7.05 Å². The smallest absolute Gasteiger partial charge is 0.321 e. The largest absolute Gasteiger partial charge is 0.341 e. The molecule has 3 amide bonds. The number of carbonyl (C=O) groups excluding carboxylic acids is 2. The Kier molecular flexibility index (Phi) is 6.67. The van der Waals surface area contributed by atoms with E-state index >= 15 is 0 Å². The van der Waals surface area contributed by atoms with Crippen molar-refractivity contribution in [2.75, 3.05) is 40.3 Å². The van der Waals surface area contributed by atoms with E-state index < -0.39 is 6.03 Å². The number of hydrogen-bond acceptors (Lipinski definition) is 4. The lowest BCUT2D eigenvalue weighted by atomic mass is 9.93. The highest BCUT2D eigenvalue weighted by Crippen LogP contribution is 2.19. The first-order chi connectivity index (χ1) is 8.65. The van der Waals surface area contributed by atoms with Crippen LogP contribution in [-0.4, -0.2) is 57.1 Å². The van der Waals surface area contributed by atoms with Crippen LogP contribution in [-0.2, 0) is 4.79 Å². The van der Waals surface area contributed by atoms with Crippen LogP contribution in [0.1, 0.15) is 19.3 Å². The van der Waals surface area contributed by atoms with Crippen LogP contribution >= 0.6 is 0 Å². The van der Waals surface area contributed by atoms with Gasteiger partial charge in [-0.2, -0.15) is 0 Å². The van der Waals surface area contributed by atoms with Crippen molar-refractivity contribution in [2.24, 2.45) is 5.92 Å². The van der Waals surface area contributed by atoms with Crippen LogP contribution in [0.2, 0.25) is 0 Å². The molecule has 104 valence electrons. The number of likely N-dealkylation sites (tertiary alicyclic amines) is 1. The lowest BCUT2D eigenvalue weighted by molar-refractivity contribution is -0.121. The second-order valence-electron chi connectivity index (χ2n) is 4.74. The number of hydrogen-bond donors (Lipinski definition) is 3. The van der Waals surface area contributed by atoms with Crippen LogP contribution in [0, 0.1) is 5.92 Å². The Balaban J connectivity index is 2.18. The molecule has 1 rings (SSSR count). The molecule has 1 fully saturated rings. The SMILES string of the molecule is CNCCC1CCN(CC(=O)NC(=O)NC)CC1. The fourth-order valence-corrected chi connectivity index (χ4v) is 2.21. The third kappa shape index (κ3) is 5.46. The van der Waals surface area contributed by atoms with Crippen molar-refractivity contribution < 1.29 is 9.59 Å². The molecule has 1 aliphatic heterocycles. The van der Waals surface area contributed by atoms with Crippen LogP contribution in [0.4, 0.5) is 4.79 Å². The fraction of sp³-hybridized carbons (Fsp3) is 0.833. The average molecular weight is 256 g/mol. The van der Waals surface area contributed by atoms with E-state index in [4.69, 9.17) is 0 Å². The first kappa shape index (κ1) is 14.9. The van der Waals surface area contributed by atoms with Crippen molar-refractivity contribution in [3.63, 3.8) is 0 Å². The summed E-state index contributed by atoms with van der Waals surface area (Å²) in [5, 5.41) is 7.81. The Hall–Kier alpha value is -1.14. The third-order valence-electron chi connectivity index (χ3n) is 3.36. The highest BCUT2D eigenvalue weighted by Gasteiger charge is 2.20. The summed E-state index contributed by atoms with van der Waals surface area (Å²) in [4.78, 5) is 24.6. The molecule has 6 nitrogen and oxygen atoms in total. The first-order valence-corrected chi connectivity index (χ1v) is 6.54. The summed E-state index contributed by atoms with van der Waals surface area (Å²) in [6.45, 7) is 3.25. The molecule has 18 heavy (non-hydrogen) atoms. The number of piperidine rings is 1. The van der Waals surface area contributed by atoms with Crippen LogP contribution in [0.3, 0.4) is 0 Å². The normalized spacial score (nSPS) is 17.4. The van der Waals surface area contributed by atoms with E-state index in [0.29, 0.717) is 6.54 Å². The van der Waals surface area contributed by atoms with Crippen molar-refractivity contribution in [1.82, 2.24) is 20.9 Å². The summed E-state index contributed by atoms with van der Waals surface area (Å²) in [6, 6.07) is -0.441. The van der Waals surface area contributed by atoms with Crippen LogP contribution in [0.15, 0.2) is 0 Å². The van der Waals surface area contributed by atoms with Gasteiger partial charge in [0.2, 0.25) is 5.91 Å². The Morgan fingerprint density at radius 3 is 2.44 bits per heavy atom. The minimum Gasteiger partial charge on any atom is -0.341 e. The van der Waals surface area contributed by atoms with Gasteiger partial charge < -0.3 is 10.6 Å². The maximum Gasteiger partial charge on any atom is 0.321 e. The first-order valence-electron chi connectivity index (χ1n) is 6.54. The minimum absolute atomic E-state index is 0.233. The molecular weight excluding hydrogens is 232 g/mol. The lowest BCUT2D eigenvalue weighted by Gasteiger charge is -2.31. The molecule has 1 heterocycles. The van der Waals surface area contributed by atoms with E-state index in [-0.39, 0.29) is 5.91 Å². The van der Waals surface area contributed by atoms with Gasteiger partial charge in [-0.05, 0) is 51.9 Å². The zero-order valence-electron chi connectivity index (χ0n) is 11.3. The molecule has 0 aromatic carbocycles. The number of carbonyl (C=O) groups is 2. The van der Waals surface area contributed by atoms with E-state index in [0.717, 1.165) is 38.4 Å². The second-order valence-corrected chi connectivity index (χ2v) is 4.74.